The molecule has 0 aliphatic rings. The first kappa shape index (κ1) is 19.4. The molecule has 0 atom stereocenters. The van der Waals surface area contributed by atoms with Crippen molar-refractivity contribution in [2.75, 3.05) is 0 Å². The summed E-state index contributed by atoms with van der Waals surface area (Å²) < 4.78 is 0. The van der Waals surface area contributed by atoms with Gasteiger partial charge >= 0.3 is 0 Å². The minimum atomic E-state index is 0. The molecule has 0 bridgehead atoms. The third-order valence-electron chi connectivity index (χ3n) is 1.92. The maximum atomic E-state index is 2.30. The fourth-order valence-corrected chi connectivity index (χ4v) is 1.09. The maximum absolute atomic E-state index is 2.30. The van der Waals surface area contributed by atoms with E-state index in [-0.39, 0.29) is 50.7 Å². The van der Waals surface area contributed by atoms with Crippen LogP contribution in [0.2, 0.25) is 0 Å². The second-order valence-electron chi connectivity index (χ2n) is 3.06. The summed E-state index contributed by atoms with van der Waals surface area (Å²) in [7, 11) is 0. The van der Waals surface area contributed by atoms with E-state index in [4.69, 9.17) is 0 Å². The van der Waals surface area contributed by atoms with Gasteiger partial charge in [-0.1, -0.05) is 27.2 Å². The van der Waals surface area contributed by atoms with Gasteiger partial charge in [0.15, 0.2) is 0 Å². The standard InChI is InChI=1S/C10H15.2ClH.Hf/c1-4-9-5-6-10(7-9)8(2)3;;;/h5-8H,4H2,1-3H3;2*1H;/q-1;;;/p-2. The Hall–Kier alpha value is 0.800. The van der Waals surface area contributed by atoms with Gasteiger partial charge in [0.2, 0.25) is 0 Å². The van der Waals surface area contributed by atoms with E-state index in [0.29, 0.717) is 5.92 Å². The summed E-state index contributed by atoms with van der Waals surface area (Å²) in [6, 6.07) is 6.74. The zero-order chi connectivity index (χ0) is 7.56. The van der Waals surface area contributed by atoms with Gasteiger partial charge in [-0.3, -0.25) is 0 Å². The molecule has 1 aromatic carbocycles. The molecule has 3 heteroatoms. The second-order valence-corrected chi connectivity index (χ2v) is 3.06. The van der Waals surface area contributed by atoms with Crippen molar-refractivity contribution in [1.82, 2.24) is 0 Å². The van der Waals surface area contributed by atoms with Crippen LogP contribution in [-0.2, 0) is 32.3 Å². The quantitative estimate of drug-likeness (QED) is 0.379. The molecule has 0 spiro atoms. The Morgan fingerprint density at radius 2 is 1.85 bits per heavy atom. The van der Waals surface area contributed by atoms with E-state index in [1.54, 1.807) is 0 Å². The Morgan fingerprint density at radius 3 is 2.08 bits per heavy atom. The van der Waals surface area contributed by atoms with Crippen molar-refractivity contribution >= 4 is 0 Å². The van der Waals surface area contributed by atoms with Crippen molar-refractivity contribution in [2.24, 2.45) is 0 Å². The molecule has 0 heterocycles. The van der Waals surface area contributed by atoms with Gasteiger partial charge in [0.1, 0.15) is 0 Å². The number of rotatable bonds is 2. The van der Waals surface area contributed by atoms with E-state index in [1.807, 2.05) is 0 Å². The van der Waals surface area contributed by atoms with Gasteiger partial charge in [0, 0.05) is 25.8 Å². The number of hydrogen-bond acceptors (Lipinski definition) is 0. The normalized spacial score (nSPS) is 8.31. The van der Waals surface area contributed by atoms with E-state index in [2.05, 4.69) is 39.0 Å². The van der Waals surface area contributed by atoms with Crippen molar-refractivity contribution in [3.63, 3.8) is 0 Å². The molecule has 0 amide bonds. The molecule has 0 aromatic heterocycles. The summed E-state index contributed by atoms with van der Waals surface area (Å²) in [6.07, 6.45) is 1.16. The van der Waals surface area contributed by atoms with E-state index >= 15 is 0 Å². The molecule has 0 unspecified atom stereocenters. The molecule has 0 nitrogen and oxygen atoms in total. The SMILES string of the molecule is CCc1c[cH-]c(C(C)C)c1.[Cl-].[Cl-].[Hf]. The van der Waals surface area contributed by atoms with Crippen molar-refractivity contribution in [1.29, 1.82) is 0 Å². The minimum absolute atomic E-state index is 0. The van der Waals surface area contributed by atoms with Crippen LogP contribution in [0.5, 0.6) is 0 Å². The van der Waals surface area contributed by atoms with Gasteiger partial charge in [-0.2, -0.15) is 23.3 Å². The minimum Gasteiger partial charge on any atom is -1.00 e. The fraction of sp³-hybridized carbons (Fsp3) is 0.500. The molecule has 0 saturated heterocycles. The zero-order valence-electron chi connectivity index (χ0n) is 8.27. The van der Waals surface area contributed by atoms with E-state index < -0.39 is 0 Å². The van der Waals surface area contributed by atoms with Crippen molar-refractivity contribution in [2.45, 2.75) is 33.1 Å². The molecule has 1 rings (SSSR count). The molecule has 1 aromatic rings. The fourth-order valence-electron chi connectivity index (χ4n) is 1.09. The molecule has 0 radical (unpaired) electrons. The average molecular weight is 385 g/mol. The van der Waals surface area contributed by atoms with E-state index in [1.165, 1.54) is 11.1 Å². The van der Waals surface area contributed by atoms with Gasteiger partial charge in [-0.15, -0.1) is 0 Å². The van der Waals surface area contributed by atoms with E-state index in [9.17, 15) is 0 Å². The molecule has 0 aliphatic heterocycles. The van der Waals surface area contributed by atoms with Crippen LogP contribution in [0.25, 0.3) is 0 Å². The zero-order valence-corrected chi connectivity index (χ0v) is 13.4. The second kappa shape index (κ2) is 9.36. The van der Waals surface area contributed by atoms with Gasteiger partial charge in [-0.05, 0) is 5.92 Å². The topological polar surface area (TPSA) is 0 Å². The van der Waals surface area contributed by atoms with Crippen LogP contribution in [0.4, 0.5) is 0 Å². The van der Waals surface area contributed by atoms with Crippen LogP contribution in [0.1, 0.15) is 37.8 Å². The van der Waals surface area contributed by atoms with Crippen LogP contribution >= 0.6 is 0 Å². The predicted molar refractivity (Wildman–Crippen MR) is 45.5 cm³/mol. The van der Waals surface area contributed by atoms with Crippen LogP contribution in [0.3, 0.4) is 0 Å². The van der Waals surface area contributed by atoms with Gasteiger partial charge in [0.05, 0.1) is 0 Å². The number of aryl methyl sites for hydroxylation is 1. The smallest absolute Gasteiger partial charge is 0 e. The summed E-state index contributed by atoms with van der Waals surface area (Å²) in [5.74, 6) is 0.681. The third kappa shape index (κ3) is 5.98. The Bertz CT molecular complexity index is 206. The van der Waals surface area contributed by atoms with Crippen LogP contribution in [-0.4, -0.2) is 0 Å². The third-order valence-corrected chi connectivity index (χ3v) is 1.92. The molecule has 0 saturated carbocycles. The Balaban J connectivity index is -0.000000333. The summed E-state index contributed by atoms with van der Waals surface area (Å²) in [5.41, 5.74) is 2.93. The predicted octanol–water partition coefficient (Wildman–Crippen LogP) is -2.90. The monoisotopic (exact) mass is 385 g/mol. The molecular weight excluding hydrogens is 370 g/mol. The molecule has 13 heavy (non-hydrogen) atoms. The van der Waals surface area contributed by atoms with Gasteiger partial charge in [0.25, 0.3) is 0 Å². The van der Waals surface area contributed by atoms with Crippen molar-refractivity contribution < 1.29 is 50.7 Å². The summed E-state index contributed by atoms with van der Waals surface area (Å²) in [6.45, 7) is 6.66. The van der Waals surface area contributed by atoms with E-state index in [0.717, 1.165) is 6.42 Å². The van der Waals surface area contributed by atoms with Crippen molar-refractivity contribution in [3.8, 4) is 0 Å². The first-order valence-electron chi connectivity index (χ1n) is 3.99. The number of hydrogen-bond donors (Lipinski definition) is 0. The Kier molecular flexibility index (Phi) is 14.0. The average Bonchev–Trinajstić information content (AvgIpc) is 2.34. The summed E-state index contributed by atoms with van der Waals surface area (Å²) in [4.78, 5) is 0. The number of halogens is 2. The largest absolute Gasteiger partial charge is 1.00 e. The molecule has 0 N–H and O–H groups in total. The van der Waals surface area contributed by atoms with Crippen LogP contribution in [0.15, 0.2) is 18.2 Å². The Morgan fingerprint density at radius 1 is 1.31 bits per heavy atom. The maximum Gasteiger partial charge on any atom is 0 e. The first-order valence-corrected chi connectivity index (χ1v) is 3.99. The molecular formula is C10H15Cl2Hf-3. The van der Waals surface area contributed by atoms with Crippen LogP contribution < -0.4 is 24.8 Å². The van der Waals surface area contributed by atoms with Gasteiger partial charge in [-0.25, -0.2) is 6.07 Å². The molecule has 76 valence electrons. The van der Waals surface area contributed by atoms with Crippen molar-refractivity contribution in [3.05, 3.63) is 29.3 Å². The summed E-state index contributed by atoms with van der Waals surface area (Å²) in [5, 5.41) is 0. The van der Waals surface area contributed by atoms with Gasteiger partial charge < -0.3 is 24.8 Å². The Labute approximate surface area is 112 Å². The summed E-state index contributed by atoms with van der Waals surface area (Å²) >= 11 is 0. The first-order chi connectivity index (χ1) is 4.74. The molecule has 0 aliphatic carbocycles. The molecule has 0 fully saturated rings. The van der Waals surface area contributed by atoms with Crippen LogP contribution in [0, 0.1) is 0 Å².